The second kappa shape index (κ2) is 5.83. The van der Waals surface area contributed by atoms with Crippen LogP contribution in [0.25, 0.3) is 0 Å². The first-order chi connectivity index (χ1) is 7.52. The fraction of sp³-hybridized carbons (Fsp3) is 0.273. The fourth-order valence-corrected chi connectivity index (χ4v) is 1.91. The molecule has 0 saturated heterocycles. The standard InChI is InChI=1S/C11H12INO3/c1-7(15)13-9(6-14)4-8-2-3-11(16)10(12)5-8/h2-3,5-6,9,16H,4H2,1H3,(H,13,15). The summed E-state index contributed by atoms with van der Waals surface area (Å²) in [7, 11) is 0. The zero-order valence-electron chi connectivity index (χ0n) is 8.74. The molecule has 2 N–H and O–H groups in total. The Bertz CT molecular complexity index is 406. The average Bonchev–Trinajstić information content (AvgIpc) is 2.22. The molecule has 0 saturated carbocycles. The third-order valence-corrected chi connectivity index (χ3v) is 2.88. The number of carbonyl (C=O) groups is 2. The van der Waals surface area contributed by atoms with Crippen LogP contribution in [0.1, 0.15) is 12.5 Å². The summed E-state index contributed by atoms with van der Waals surface area (Å²) in [6.45, 7) is 1.37. The van der Waals surface area contributed by atoms with Crippen molar-refractivity contribution < 1.29 is 14.7 Å². The number of nitrogens with one attached hydrogen (secondary N) is 1. The number of benzene rings is 1. The monoisotopic (exact) mass is 333 g/mol. The summed E-state index contributed by atoms with van der Waals surface area (Å²) >= 11 is 2.01. The Hall–Kier alpha value is -1.11. The first kappa shape index (κ1) is 13.0. The van der Waals surface area contributed by atoms with Crippen LogP contribution >= 0.6 is 22.6 Å². The van der Waals surface area contributed by atoms with Crippen molar-refractivity contribution in [3.05, 3.63) is 27.3 Å². The zero-order valence-corrected chi connectivity index (χ0v) is 10.9. The van der Waals surface area contributed by atoms with E-state index in [1.807, 2.05) is 22.6 Å². The molecule has 4 nitrogen and oxygen atoms in total. The lowest BCUT2D eigenvalue weighted by atomic mass is 10.1. The first-order valence-electron chi connectivity index (χ1n) is 4.72. The van der Waals surface area contributed by atoms with Gasteiger partial charge in [-0.15, -0.1) is 0 Å². The molecular formula is C11H12INO3. The van der Waals surface area contributed by atoms with Gasteiger partial charge in [0.25, 0.3) is 0 Å². The molecule has 0 bridgehead atoms. The number of aromatic hydroxyl groups is 1. The Morgan fingerprint density at radius 3 is 2.81 bits per heavy atom. The molecule has 0 aliphatic heterocycles. The largest absolute Gasteiger partial charge is 0.507 e. The van der Waals surface area contributed by atoms with Crippen LogP contribution in [-0.4, -0.2) is 23.3 Å². The number of carbonyl (C=O) groups excluding carboxylic acids is 2. The predicted molar refractivity (Wildman–Crippen MR) is 68.2 cm³/mol. The fourth-order valence-electron chi connectivity index (χ4n) is 1.33. The molecule has 86 valence electrons. The van der Waals surface area contributed by atoms with Crippen molar-refractivity contribution in [3.8, 4) is 5.75 Å². The van der Waals surface area contributed by atoms with Gasteiger partial charge in [-0.1, -0.05) is 6.07 Å². The summed E-state index contributed by atoms with van der Waals surface area (Å²) in [5.74, 6) is -0.0166. The molecule has 16 heavy (non-hydrogen) atoms. The third kappa shape index (κ3) is 3.80. The Morgan fingerprint density at radius 1 is 1.62 bits per heavy atom. The Kier molecular flexibility index (Phi) is 4.72. The Morgan fingerprint density at radius 2 is 2.31 bits per heavy atom. The van der Waals surface area contributed by atoms with Gasteiger partial charge in [0.1, 0.15) is 12.0 Å². The molecule has 1 amide bonds. The molecule has 0 heterocycles. The van der Waals surface area contributed by atoms with E-state index < -0.39 is 6.04 Å². The van der Waals surface area contributed by atoms with Crippen molar-refractivity contribution >= 4 is 34.8 Å². The van der Waals surface area contributed by atoms with Gasteiger partial charge >= 0.3 is 0 Å². The van der Waals surface area contributed by atoms with Crippen LogP contribution in [0.2, 0.25) is 0 Å². The molecule has 1 rings (SSSR count). The molecular weight excluding hydrogens is 321 g/mol. The van der Waals surface area contributed by atoms with Crippen LogP contribution in [-0.2, 0) is 16.0 Å². The van der Waals surface area contributed by atoms with Gasteiger partial charge in [-0.2, -0.15) is 0 Å². The summed E-state index contributed by atoms with van der Waals surface area (Å²) in [5.41, 5.74) is 0.896. The molecule has 0 aliphatic rings. The SMILES string of the molecule is CC(=O)NC(C=O)Cc1ccc(O)c(I)c1. The van der Waals surface area contributed by atoms with Gasteiger partial charge in [0.2, 0.25) is 5.91 Å². The van der Waals surface area contributed by atoms with E-state index in [1.54, 1.807) is 18.2 Å². The van der Waals surface area contributed by atoms with Crippen molar-refractivity contribution in [2.45, 2.75) is 19.4 Å². The number of rotatable bonds is 4. The van der Waals surface area contributed by atoms with E-state index >= 15 is 0 Å². The second-order valence-electron chi connectivity index (χ2n) is 3.43. The lowest BCUT2D eigenvalue weighted by Crippen LogP contribution is -2.35. The molecule has 1 atom stereocenters. The van der Waals surface area contributed by atoms with E-state index in [4.69, 9.17) is 0 Å². The summed E-state index contributed by atoms with van der Waals surface area (Å²) in [5, 5.41) is 11.9. The molecule has 5 heteroatoms. The topological polar surface area (TPSA) is 66.4 Å². The van der Waals surface area contributed by atoms with Gasteiger partial charge in [-0.25, -0.2) is 0 Å². The summed E-state index contributed by atoms with van der Waals surface area (Å²) in [4.78, 5) is 21.5. The van der Waals surface area contributed by atoms with Crippen LogP contribution < -0.4 is 5.32 Å². The molecule has 0 radical (unpaired) electrons. The van der Waals surface area contributed by atoms with Crippen LogP contribution in [0, 0.1) is 3.57 Å². The van der Waals surface area contributed by atoms with E-state index in [-0.39, 0.29) is 11.7 Å². The van der Waals surface area contributed by atoms with Gasteiger partial charge < -0.3 is 15.2 Å². The van der Waals surface area contributed by atoms with Gasteiger partial charge in [0, 0.05) is 6.92 Å². The highest BCUT2D eigenvalue weighted by Crippen LogP contribution is 2.20. The quantitative estimate of drug-likeness (QED) is 0.644. The van der Waals surface area contributed by atoms with E-state index in [2.05, 4.69) is 5.32 Å². The maximum absolute atomic E-state index is 10.8. The molecule has 0 aromatic heterocycles. The maximum Gasteiger partial charge on any atom is 0.217 e. The van der Waals surface area contributed by atoms with Gasteiger partial charge in [-0.3, -0.25) is 4.79 Å². The Labute approximate surface area is 107 Å². The predicted octanol–water partition coefficient (Wildman–Crippen LogP) is 1.24. The lowest BCUT2D eigenvalue weighted by molar-refractivity contribution is -0.122. The highest BCUT2D eigenvalue weighted by Gasteiger charge is 2.10. The minimum atomic E-state index is -0.516. The number of amides is 1. The molecule has 0 spiro atoms. The minimum absolute atomic E-state index is 0.214. The minimum Gasteiger partial charge on any atom is -0.507 e. The molecule has 1 aromatic carbocycles. The van der Waals surface area contributed by atoms with Crippen LogP contribution in [0.4, 0.5) is 0 Å². The average molecular weight is 333 g/mol. The molecule has 1 unspecified atom stereocenters. The second-order valence-corrected chi connectivity index (χ2v) is 4.60. The van der Waals surface area contributed by atoms with Crippen molar-refractivity contribution in [1.29, 1.82) is 0 Å². The lowest BCUT2D eigenvalue weighted by Gasteiger charge is -2.11. The van der Waals surface area contributed by atoms with Gasteiger partial charge in [0.05, 0.1) is 9.61 Å². The number of phenolic OH excluding ortho intramolecular Hbond substituents is 1. The maximum atomic E-state index is 10.8. The normalized spacial score (nSPS) is 11.9. The number of aldehydes is 1. The van der Waals surface area contributed by atoms with Crippen molar-refractivity contribution in [1.82, 2.24) is 5.32 Å². The number of hydrogen-bond donors (Lipinski definition) is 2. The zero-order chi connectivity index (χ0) is 12.1. The molecule has 0 aliphatic carbocycles. The molecule has 1 aromatic rings. The van der Waals surface area contributed by atoms with Crippen LogP contribution in [0.15, 0.2) is 18.2 Å². The summed E-state index contributed by atoms with van der Waals surface area (Å²) in [6, 6.07) is 4.58. The highest BCUT2D eigenvalue weighted by molar-refractivity contribution is 14.1. The first-order valence-corrected chi connectivity index (χ1v) is 5.80. The van der Waals surface area contributed by atoms with Crippen LogP contribution in [0.3, 0.4) is 0 Å². The smallest absolute Gasteiger partial charge is 0.217 e. The molecule has 0 fully saturated rings. The van der Waals surface area contributed by atoms with E-state index in [0.717, 1.165) is 9.13 Å². The number of hydrogen-bond acceptors (Lipinski definition) is 3. The summed E-state index contributed by atoms with van der Waals surface area (Å²) < 4.78 is 0.725. The van der Waals surface area contributed by atoms with E-state index in [0.29, 0.717) is 12.7 Å². The Balaban J connectivity index is 2.74. The van der Waals surface area contributed by atoms with E-state index in [9.17, 15) is 14.7 Å². The van der Waals surface area contributed by atoms with Gasteiger partial charge in [-0.05, 0) is 46.7 Å². The highest BCUT2D eigenvalue weighted by atomic mass is 127. The van der Waals surface area contributed by atoms with Crippen molar-refractivity contribution in [3.63, 3.8) is 0 Å². The van der Waals surface area contributed by atoms with Crippen LogP contribution in [0.5, 0.6) is 5.75 Å². The van der Waals surface area contributed by atoms with Crippen molar-refractivity contribution in [2.24, 2.45) is 0 Å². The van der Waals surface area contributed by atoms with E-state index in [1.165, 1.54) is 6.92 Å². The number of halogens is 1. The number of phenols is 1. The van der Waals surface area contributed by atoms with Gasteiger partial charge in [0.15, 0.2) is 0 Å². The third-order valence-electron chi connectivity index (χ3n) is 2.02. The van der Waals surface area contributed by atoms with Crippen molar-refractivity contribution in [2.75, 3.05) is 0 Å². The summed E-state index contributed by atoms with van der Waals surface area (Å²) in [6.07, 6.45) is 1.14.